The lowest BCUT2D eigenvalue weighted by molar-refractivity contribution is -0.134. The van der Waals surface area contributed by atoms with Gasteiger partial charge in [0.2, 0.25) is 0 Å². The second-order valence-electron chi connectivity index (χ2n) is 5.22. The van der Waals surface area contributed by atoms with E-state index in [1.54, 1.807) is 0 Å². The summed E-state index contributed by atoms with van der Waals surface area (Å²) in [6.07, 6.45) is 0. The van der Waals surface area contributed by atoms with E-state index in [9.17, 15) is 9.00 Å². The van der Waals surface area contributed by atoms with E-state index >= 15 is 0 Å². The molecule has 0 aliphatic rings. The second-order valence-corrected chi connectivity index (χ2v) is 7.60. The molecule has 0 bridgehead atoms. The predicted molar refractivity (Wildman–Crippen MR) is 88.1 cm³/mol. The van der Waals surface area contributed by atoms with Crippen molar-refractivity contribution in [1.82, 2.24) is 0 Å². The van der Waals surface area contributed by atoms with Crippen LogP contribution in [0.3, 0.4) is 0 Å². The van der Waals surface area contributed by atoms with Crippen LogP contribution in [-0.4, -0.2) is 21.0 Å². The van der Waals surface area contributed by atoms with Crippen LogP contribution in [0, 0.1) is 6.92 Å². The third-order valence-corrected chi connectivity index (χ3v) is 5.23. The number of hydrogen-bond acceptors (Lipinski definition) is 3. The quantitative estimate of drug-likeness (QED) is 0.889. The van der Waals surface area contributed by atoms with Gasteiger partial charge in [-0.25, -0.2) is 8.57 Å². The van der Waals surface area contributed by atoms with Crippen molar-refractivity contribution in [3.8, 4) is 0 Å². The number of aliphatic carboxylic acids is 1. The molecule has 116 valence electrons. The first-order chi connectivity index (χ1) is 10.5. The van der Waals surface area contributed by atoms with Crippen molar-refractivity contribution in [1.29, 1.82) is 0 Å². The highest BCUT2D eigenvalue weighted by Crippen LogP contribution is 2.13. The van der Waals surface area contributed by atoms with Gasteiger partial charge in [0.25, 0.3) is 0 Å². The summed E-state index contributed by atoms with van der Waals surface area (Å²) in [6, 6.07) is 17.0. The maximum atomic E-state index is 12.9. The Bertz CT molecular complexity index is 762. The fourth-order valence-corrected chi connectivity index (χ4v) is 3.93. The summed E-state index contributed by atoms with van der Waals surface area (Å²) >= 11 is 0. The summed E-state index contributed by atoms with van der Waals surface area (Å²) in [4.78, 5) is 11.0. The van der Waals surface area contributed by atoms with Gasteiger partial charge in [-0.1, -0.05) is 60.2 Å². The third-order valence-electron chi connectivity index (χ3n) is 3.15. The van der Waals surface area contributed by atoms with Crippen molar-refractivity contribution in [2.45, 2.75) is 19.2 Å². The number of carboxylic acid groups (broad SMARTS) is 1. The molecule has 0 aliphatic heterocycles. The normalized spacial score (nSPS) is 13.3. The van der Waals surface area contributed by atoms with Gasteiger partial charge in [0.05, 0.1) is 22.0 Å². The number of hydrogen-bond donors (Lipinski definition) is 1. The molecule has 0 amide bonds. The SMILES string of the molecule is Cc1cccc(CS(=O)(CC(=O)O)=NCc2ccccc2)c1. The van der Waals surface area contributed by atoms with Crippen LogP contribution in [-0.2, 0) is 26.8 Å². The lowest BCUT2D eigenvalue weighted by Gasteiger charge is -2.09. The van der Waals surface area contributed by atoms with Gasteiger partial charge in [0.1, 0.15) is 5.75 Å². The first-order valence-electron chi connectivity index (χ1n) is 6.96. The van der Waals surface area contributed by atoms with Crippen LogP contribution in [0.4, 0.5) is 0 Å². The van der Waals surface area contributed by atoms with E-state index in [-0.39, 0.29) is 12.3 Å². The Balaban J connectivity index is 2.27. The minimum atomic E-state index is -2.83. The van der Waals surface area contributed by atoms with E-state index in [1.807, 2.05) is 61.5 Å². The molecule has 1 atom stereocenters. The Kier molecular flexibility index (Phi) is 5.33. The fraction of sp³-hybridized carbons (Fsp3) is 0.235. The van der Waals surface area contributed by atoms with Gasteiger partial charge in [-0.3, -0.25) is 4.79 Å². The molecule has 0 fully saturated rings. The minimum Gasteiger partial charge on any atom is -0.481 e. The molecule has 5 heteroatoms. The molecular weight excluding hydrogens is 298 g/mol. The van der Waals surface area contributed by atoms with E-state index in [1.165, 1.54) is 0 Å². The highest BCUT2D eigenvalue weighted by Gasteiger charge is 2.15. The van der Waals surface area contributed by atoms with E-state index in [4.69, 9.17) is 5.11 Å². The second kappa shape index (κ2) is 7.22. The first kappa shape index (κ1) is 16.2. The standard InChI is InChI=1S/C17H19NO3S/c1-14-6-5-9-16(10-14)12-22(21,13-17(19)20)18-11-15-7-3-2-4-8-15/h2-10H,11-13H2,1H3,(H,19,20). The van der Waals surface area contributed by atoms with Crippen LogP contribution >= 0.6 is 0 Å². The van der Waals surface area contributed by atoms with E-state index in [0.29, 0.717) is 0 Å². The number of rotatable bonds is 6. The molecular formula is C17H19NO3S. The molecule has 0 saturated heterocycles. The number of aryl methyl sites for hydroxylation is 1. The first-order valence-corrected chi connectivity index (χ1v) is 8.82. The van der Waals surface area contributed by atoms with Crippen LogP contribution in [0.25, 0.3) is 0 Å². The Morgan fingerprint density at radius 1 is 1.09 bits per heavy atom. The highest BCUT2D eigenvalue weighted by molar-refractivity contribution is 7.93. The third kappa shape index (κ3) is 5.00. The highest BCUT2D eigenvalue weighted by atomic mass is 32.2. The number of benzene rings is 2. The van der Waals surface area contributed by atoms with Crippen molar-refractivity contribution >= 4 is 15.7 Å². The summed E-state index contributed by atoms with van der Waals surface area (Å²) in [6.45, 7) is 2.21. The summed E-state index contributed by atoms with van der Waals surface area (Å²) in [7, 11) is -2.83. The number of carboxylic acids is 1. The molecule has 22 heavy (non-hydrogen) atoms. The van der Waals surface area contributed by atoms with Gasteiger partial charge in [0.15, 0.2) is 0 Å². The van der Waals surface area contributed by atoms with Crippen LogP contribution in [0.5, 0.6) is 0 Å². The van der Waals surface area contributed by atoms with Gasteiger partial charge in [-0.2, -0.15) is 0 Å². The summed E-state index contributed by atoms with van der Waals surface area (Å²) < 4.78 is 17.1. The van der Waals surface area contributed by atoms with Gasteiger partial charge in [-0.15, -0.1) is 0 Å². The zero-order valence-corrected chi connectivity index (χ0v) is 13.3. The Hall–Kier alpha value is -2.14. The molecule has 1 N–H and O–H groups in total. The zero-order valence-electron chi connectivity index (χ0n) is 12.4. The van der Waals surface area contributed by atoms with Crippen LogP contribution in [0.2, 0.25) is 0 Å². The average Bonchev–Trinajstić information content (AvgIpc) is 2.45. The fourth-order valence-electron chi connectivity index (χ4n) is 2.17. The number of carbonyl (C=O) groups is 1. The van der Waals surface area contributed by atoms with Crippen molar-refractivity contribution < 1.29 is 14.1 Å². The number of nitrogens with zero attached hydrogens (tertiary/aromatic N) is 1. The van der Waals surface area contributed by atoms with Gasteiger partial charge >= 0.3 is 5.97 Å². The summed E-state index contributed by atoms with van der Waals surface area (Å²) in [5, 5.41) is 9.04. The molecule has 0 aromatic heterocycles. The molecule has 0 heterocycles. The molecule has 2 aromatic rings. The summed E-state index contributed by atoms with van der Waals surface area (Å²) in [5.74, 6) is -1.36. The Labute approximate surface area is 131 Å². The Morgan fingerprint density at radius 2 is 1.77 bits per heavy atom. The van der Waals surface area contributed by atoms with Crippen LogP contribution in [0.1, 0.15) is 16.7 Å². The lowest BCUT2D eigenvalue weighted by atomic mass is 10.2. The average molecular weight is 317 g/mol. The molecule has 2 rings (SSSR count). The largest absolute Gasteiger partial charge is 0.481 e. The van der Waals surface area contributed by atoms with Gasteiger partial charge in [0, 0.05) is 0 Å². The van der Waals surface area contributed by atoms with Crippen LogP contribution in [0.15, 0.2) is 59.0 Å². The Morgan fingerprint density at radius 3 is 2.41 bits per heavy atom. The molecule has 1 unspecified atom stereocenters. The van der Waals surface area contributed by atoms with Gasteiger partial charge < -0.3 is 5.11 Å². The maximum absolute atomic E-state index is 12.9. The smallest absolute Gasteiger partial charge is 0.317 e. The van der Waals surface area contributed by atoms with E-state index in [0.717, 1.165) is 16.7 Å². The molecule has 0 saturated carbocycles. The molecule has 0 aliphatic carbocycles. The van der Waals surface area contributed by atoms with Crippen molar-refractivity contribution in [2.75, 3.05) is 5.75 Å². The van der Waals surface area contributed by atoms with E-state index in [2.05, 4.69) is 4.36 Å². The van der Waals surface area contributed by atoms with Gasteiger partial charge in [-0.05, 0) is 18.1 Å². The minimum absolute atomic E-state index is 0.161. The van der Waals surface area contributed by atoms with E-state index < -0.39 is 21.5 Å². The topological polar surface area (TPSA) is 66.7 Å². The molecule has 2 aromatic carbocycles. The monoisotopic (exact) mass is 317 g/mol. The predicted octanol–water partition coefficient (Wildman–Crippen LogP) is 3.25. The molecule has 4 nitrogen and oxygen atoms in total. The summed E-state index contributed by atoms with van der Waals surface area (Å²) in [5.41, 5.74) is 2.82. The molecule has 0 spiro atoms. The lowest BCUT2D eigenvalue weighted by Crippen LogP contribution is -2.17. The zero-order chi connectivity index (χ0) is 16.0. The van der Waals surface area contributed by atoms with Crippen molar-refractivity contribution in [3.63, 3.8) is 0 Å². The van der Waals surface area contributed by atoms with Crippen molar-refractivity contribution in [2.24, 2.45) is 4.36 Å². The van der Waals surface area contributed by atoms with Crippen molar-refractivity contribution in [3.05, 3.63) is 71.3 Å². The maximum Gasteiger partial charge on any atom is 0.317 e. The van der Waals surface area contributed by atoms with Crippen LogP contribution < -0.4 is 0 Å². The molecule has 0 radical (unpaired) electrons.